The number of benzene rings is 5. The van der Waals surface area contributed by atoms with E-state index in [9.17, 15) is 16.8 Å². The van der Waals surface area contributed by atoms with Crippen molar-refractivity contribution in [3.63, 3.8) is 0 Å². The smallest absolute Gasteiger partial charge is 0.207 e. The third kappa shape index (κ3) is 11.1. The highest BCUT2D eigenvalue weighted by Crippen LogP contribution is 2.41. The molecule has 416 valence electrons. The highest BCUT2D eigenvalue weighted by Gasteiger charge is 2.49. The summed E-state index contributed by atoms with van der Waals surface area (Å²) in [6.07, 6.45) is 17.7. The number of hydrogen-bond acceptors (Lipinski definition) is 10. The highest BCUT2D eigenvalue weighted by atomic mass is 32.2. The lowest BCUT2D eigenvalue weighted by Gasteiger charge is -2.37. The lowest BCUT2D eigenvalue weighted by atomic mass is 10.1. The molecule has 0 amide bonds. The van der Waals surface area contributed by atoms with Gasteiger partial charge in [-0.3, -0.25) is 0 Å². The first-order valence-corrected chi connectivity index (χ1v) is 33.5. The van der Waals surface area contributed by atoms with Crippen LogP contribution in [0.2, 0.25) is 0 Å². The van der Waals surface area contributed by atoms with Gasteiger partial charge in [-0.15, -0.1) is 0 Å². The van der Waals surface area contributed by atoms with Gasteiger partial charge in [0, 0.05) is 61.4 Å². The van der Waals surface area contributed by atoms with Crippen molar-refractivity contribution >= 4 is 50.1 Å². The van der Waals surface area contributed by atoms with E-state index in [4.69, 9.17) is 0 Å². The van der Waals surface area contributed by atoms with Crippen LogP contribution in [0.15, 0.2) is 207 Å². The second kappa shape index (κ2) is 22.0. The molecule has 5 aromatic carbocycles. The molecule has 0 N–H and O–H groups in total. The second-order valence-corrected chi connectivity index (χ2v) is 30.5. The van der Waals surface area contributed by atoms with Crippen LogP contribution in [-0.4, -0.2) is 125 Å². The first-order chi connectivity index (χ1) is 37.5. The first-order valence-electron chi connectivity index (χ1n) is 26.3. The molecule has 15 nitrogen and oxygen atoms in total. The summed E-state index contributed by atoms with van der Waals surface area (Å²) < 4.78 is 155. The molecule has 79 heavy (non-hydrogen) atoms. The molecule has 5 aliphatic rings. The van der Waals surface area contributed by atoms with Crippen LogP contribution in [-0.2, 0) is 50.1 Å². The molecular weight excluding hydrogens is 1100 g/mol. The zero-order valence-electron chi connectivity index (χ0n) is 44.5. The van der Waals surface area contributed by atoms with E-state index in [1.54, 1.807) is 146 Å². The van der Waals surface area contributed by atoms with E-state index < -0.39 is 98.5 Å². The van der Waals surface area contributed by atoms with Gasteiger partial charge >= 0.3 is 0 Å². The van der Waals surface area contributed by atoms with Crippen molar-refractivity contribution in [3.05, 3.63) is 210 Å². The second-order valence-electron chi connectivity index (χ2n) is 21.2. The molecule has 0 aromatic heterocycles. The Labute approximate surface area is 466 Å². The molecule has 0 spiro atoms. The zero-order chi connectivity index (χ0) is 56.2. The maximum Gasteiger partial charge on any atom is 0.244 e. The molecule has 0 fully saturated rings. The Kier molecular flexibility index (Phi) is 15.8. The van der Waals surface area contributed by atoms with E-state index in [1.165, 1.54) is 57.9 Å². The van der Waals surface area contributed by atoms with E-state index in [2.05, 4.69) is 0 Å². The molecule has 0 radical (unpaired) electrons. The SMILES string of the molecule is Cc1ccc(S(=O)(=O)N2CC=CC2CC2C=CC(CC3C=CC(CC4C=CC(CC5C=CCN5S(=O)(=O)c5ccc(C)cc5)N4S(=O)(=O)c4ccc(C)cc4)N3S(=O)(=O)c3ccc(C)cc3)N2S(=O)(=O)c2ccc(C)cc2)cc1. The van der Waals surface area contributed by atoms with Gasteiger partial charge in [-0.05, 0) is 121 Å². The molecule has 0 saturated carbocycles. The van der Waals surface area contributed by atoms with E-state index in [-0.39, 0.29) is 63.3 Å². The maximum atomic E-state index is 15.3. The van der Waals surface area contributed by atoms with Crippen molar-refractivity contribution in [2.75, 3.05) is 13.1 Å². The minimum Gasteiger partial charge on any atom is -0.207 e. The summed E-state index contributed by atoms with van der Waals surface area (Å²) in [7, 11) is -21.1. The number of aryl methyl sites for hydroxylation is 5. The fraction of sp³-hybridized carbons (Fsp3) is 0.322. The van der Waals surface area contributed by atoms with Gasteiger partial charge in [0.25, 0.3) is 0 Å². The van der Waals surface area contributed by atoms with Crippen LogP contribution in [0.4, 0.5) is 0 Å². The summed E-state index contributed by atoms with van der Waals surface area (Å²) in [4.78, 5) is 0.279. The van der Waals surface area contributed by atoms with E-state index in [0.29, 0.717) is 0 Å². The van der Waals surface area contributed by atoms with E-state index in [1.807, 2.05) is 34.6 Å². The van der Waals surface area contributed by atoms with Crippen molar-refractivity contribution in [2.45, 2.75) is 133 Å². The van der Waals surface area contributed by atoms with Crippen molar-refractivity contribution in [1.29, 1.82) is 0 Å². The Morgan fingerprint density at radius 2 is 0.468 bits per heavy atom. The van der Waals surface area contributed by atoms with Crippen LogP contribution in [0.1, 0.15) is 53.5 Å². The number of sulfonamides is 5. The fourth-order valence-corrected chi connectivity index (χ4v) is 19.7. The number of hydrogen-bond donors (Lipinski definition) is 0. The van der Waals surface area contributed by atoms with Crippen LogP contribution in [0, 0.1) is 34.6 Å². The van der Waals surface area contributed by atoms with Crippen molar-refractivity contribution in [2.24, 2.45) is 0 Å². The summed E-state index contributed by atoms with van der Waals surface area (Å²) in [6, 6.07) is 25.7. The van der Waals surface area contributed by atoms with Crippen LogP contribution >= 0.6 is 0 Å². The normalized spacial score (nSPS) is 25.4. The van der Waals surface area contributed by atoms with Crippen LogP contribution < -0.4 is 0 Å². The topological polar surface area (TPSA) is 187 Å². The minimum absolute atomic E-state index is 0.00413. The summed E-state index contributed by atoms with van der Waals surface area (Å²) >= 11 is 0. The largest absolute Gasteiger partial charge is 0.244 e. The molecule has 5 heterocycles. The van der Waals surface area contributed by atoms with Gasteiger partial charge in [-0.25, -0.2) is 42.1 Å². The number of nitrogens with zero attached hydrogens (tertiary/aromatic N) is 5. The minimum atomic E-state index is -4.41. The average molecular weight is 1160 g/mol. The summed E-state index contributed by atoms with van der Waals surface area (Å²) in [6.45, 7) is 9.46. The molecule has 0 saturated heterocycles. The zero-order valence-corrected chi connectivity index (χ0v) is 48.6. The summed E-state index contributed by atoms with van der Waals surface area (Å²) in [5.41, 5.74) is 4.31. The molecule has 0 bridgehead atoms. The van der Waals surface area contributed by atoms with Gasteiger partial charge in [0.05, 0.1) is 24.5 Å². The Morgan fingerprint density at radius 1 is 0.278 bits per heavy atom. The lowest BCUT2D eigenvalue weighted by Crippen LogP contribution is -2.50. The van der Waals surface area contributed by atoms with Gasteiger partial charge in [-0.1, -0.05) is 149 Å². The maximum absolute atomic E-state index is 15.3. The molecule has 20 heteroatoms. The molecule has 5 aromatic rings. The molecular formula is C59H65N5O10S5. The molecule has 5 aliphatic heterocycles. The van der Waals surface area contributed by atoms with Crippen molar-refractivity contribution in [1.82, 2.24) is 21.5 Å². The molecule has 10 rings (SSSR count). The molecule has 0 aliphatic carbocycles. The predicted molar refractivity (Wildman–Crippen MR) is 305 cm³/mol. The number of rotatable bonds is 18. The standard InChI is InChI=1S/C59H65N5O10S5/c1-42-10-26-55(27-11-42)75(65,66)60-36-6-8-47(60)38-49-20-22-51(62(49)77(69,70)57-30-14-44(3)15-31-57)40-53-24-25-54(64(53)79(73,74)59-34-18-46(5)19-35-59)41-52-23-21-50(63(52)78(71,72)58-32-16-45(4)17-33-58)39-48-9-7-37-61(48)76(67,68)56-28-12-43(2)13-29-56/h6-35,47-54H,36-41H2,1-5H3. The van der Waals surface area contributed by atoms with Crippen molar-refractivity contribution in [3.8, 4) is 0 Å². The Bertz CT molecular complexity index is 3620. The first kappa shape index (κ1) is 56.6. The van der Waals surface area contributed by atoms with Gasteiger partial charge in [0.15, 0.2) is 0 Å². The predicted octanol–water partition coefficient (Wildman–Crippen LogP) is 8.34. The van der Waals surface area contributed by atoms with Gasteiger partial charge in [-0.2, -0.15) is 21.5 Å². The van der Waals surface area contributed by atoms with Gasteiger partial charge in [0.1, 0.15) is 0 Å². The lowest BCUT2D eigenvalue weighted by molar-refractivity contribution is 0.230. The van der Waals surface area contributed by atoms with Crippen molar-refractivity contribution < 1.29 is 42.1 Å². The Hall–Kier alpha value is -5.65. The van der Waals surface area contributed by atoms with E-state index in [0.717, 1.165) is 27.8 Å². The fourth-order valence-electron chi connectivity index (χ4n) is 11.4. The molecule has 8 atom stereocenters. The average Bonchev–Trinajstić information content (AvgIpc) is 4.47. The summed E-state index contributed by atoms with van der Waals surface area (Å²) in [5.74, 6) is 0. The Morgan fingerprint density at radius 3 is 0.684 bits per heavy atom. The van der Waals surface area contributed by atoms with Crippen LogP contribution in [0.3, 0.4) is 0 Å². The Balaban J connectivity index is 0.977. The van der Waals surface area contributed by atoms with Crippen LogP contribution in [0.25, 0.3) is 0 Å². The van der Waals surface area contributed by atoms with E-state index >= 15 is 25.3 Å². The quantitative estimate of drug-likeness (QED) is 0.0772. The van der Waals surface area contributed by atoms with Crippen LogP contribution in [0.5, 0.6) is 0 Å². The third-order valence-corrected chi connectivity index (χ3v) is 25.3. The van der Waals surface area contributed by atoms with Gasteiger partial charge in [0.2, 0.25) is 50.1 Å². The third-order valence-electron chi connectivity index (χ3n) is 15.6. The molecule has 8 unspecified atom stereocenters. The summed E-state index contributed by atoms with van der Waals surface area (Å²) in [5, 5.41) is 0. The van der Waals surface area contributed by atoms with Gasteiger partial charge < -0.3 is 0 Å². The highest BCUT2D eigenvalue weighted by molar-refractivity contribution is 7.90. The monoisotopic (exact) mass is 1160 g/mol.